The first-order chi connectivity index (χ1) is 8.29. The number of benzene rings is 1. The van der Waals surface area contributed by atoms with Crippen molar-refractivity contribution >= 4 is 5.57 Å². The molecule has 1 aromatic rings. The van der Waals surface area contributed by atoms with Gasteiger partial charge in [-0.25, -0.2) is 0 Å². The van der Waals surface area contributed by atoms with Crippen LogP contribution in [0.4, 0.5) is 0 Å². The monoisotopic (exact) mass is 226 g/mol. The summed E-state index contributed by atoms with van der Waals surface area (Å²) in [6, 6.07) is 6.46. The molecule has 0 amide bonds. The van der Waals surface area contributed by atoms with Crippen LogP contribution < -0.4 is 0 Å². The third kappa shape index (κ3) is 3.45. The van der Waals surface area contributed by atoms with Gasteiger partial charge >= 0.3 is 0 Å². The molecule has 0 aromatic heterocycles. The van der Waals surface area contributed by atoms with E-state index in [4.69, 9.17) is 0 Å². The molecule has 0 atom stereocenters. The topological polar surface area (TPSA) is 0 Å². The maximum atomic E-state index is 2.22. The number of hydrogen-bond acceptors (Lipinski definition) is 0. The largest absolute Gasteiger partial charge is 0.0807 e. The average Bonchev–Trinajstić information content (AvgIpc) is 2.60. The van der Waals surface area contributed by atoms with Crippen molar-refractivity contribution in [1.82, 2.24) is 0 Å². The maximum absolute atomic E-state index is 2.22. The molecule has 0 unspecified atom stereocenters. The van der Waals surface area contributed by atoms with E-state index < -0.39 is 0 Å². The number of rotatable bonds is 1. The highest BCUT2D eigenvalue weighted by atomic mass is 14.1. The molecular weight excluding hydrogens is 204 g/mol. The lowest BCUT2D eigenvalue weighted by atomic mass is 9.95. The summed E-state index contributed by atoms with van der Waals surface area (Å²) in [4.78, 5) is 0. The van der Waals surface area contributed by atoms with Crippen molar-refractivity contribution in [3.63, 3.8) is 0 Å². The van der Waals surface area contributed by atoms with Crippen LogP contribution in [0.15, 0.2) is 48.6 Å². The first kappa shape index (κ1) is 13.5. The Morgan fingerprint density at radius 3 is 2.24 bits per heavy atom. The van der Waals surface area contributed by atoms with Crippen molar-refractivity contribution < 1.29 is 0 Å². The second-order valence-electron chi connectivity index (χ2n) is 3.96. The Kier molecular flexibility index (Phi) is 5.48. The van der Waals surface area contributed by atoms with E-state index in [1.807, 2.05) is 13.8 Å². The van der Waals surface area contributed by atoms with Gasteiger partial charge in [0.05, 0.1) is 0 Å². The van der Waals surface area contributed by atoms with Gasteiger partial charge in [-0.15, -0.1) is 0 Å². The smallest absolute Gasteiger partial charge is 0.0126 e. The van der Waals surface area contributed by atoms with E-state index in [1.165, 1.54) is 22.3 Å². The van der Waals surface area contributed by atoms with Crippen LogP contribution >= 0.6 is 0 Å². The van der Waals surface area contributed by atoms with E-state index in [0.717, 1.165) is 6.42 Å². The molecule has 0 saturated carbocycles. The fourth-order valence-electron chi connectivity index (χ4n) is 2.02. The van der Waals surface area contributed by atoms with Gasteiger partial charge in [0.15, 0.2) is 0 Å². The fraction of sp³-hybridized carbons (Fsp3) is 0.294. The quantitative estimate of drug-likeness (QED) is 0.615. The molecule has 0 nitrogen and oxygen atoms in total. The predicted octanol–water partition coefficient (Wildman–Crippen LogP) is 5.23. The van der Waals surface area contributed by atoms with E-state index in [1.54, 1.807) is 0 Å². The molecule has 0 aliphatic heterocycles. The molecule has 0 radical (unpaired) electrons. The molecule has 0 N–H and O–H groups in total. The SMILES string of the molecule is CC.Cc1cccc(C)c1C1=CC=CCC=C1. The minimum atomic E-state index is 1.03. The van der Waals surface area contributed by atoms with Crippen LogP contribution in [-0.2, 0) is 0 Å². The highest BCUT2D eigenvalue weighted by Crippen LogP contribution is 2.25. The molecule has 0 spiro atoms. The summed E-state index contributed by atoms with van der Waals surface area (Å²) in [6.45, 7) is 8.34. The first-order valence-electron chi connectivity index (χ1n) is 6.39. The third-order valence-electron chi connectivity index (χ3n) is 2.75. The summed E-state index contributed by atoms with van der Waals surface area (Å²) in [5, 5.41) is 0. The van der Waals surface area contributed by atoms with E-state index in [0.29, 0.717) is 0 Å². The van der Waals surface area contributed by atoms with Gasteiger partial charge < -0.3 is 0 Å². The molecule has 2 rings (SSSR count). The molecule has 1 aliphatic carbocycles. The summed E-state index contributed by atoms with van der Waals surface area (Å²) in [5.41, 5.74) is 5.39. The molecule has 0 fully saturated rings. The minimum absolute atomic E-state index is 1.03. The molecule has 0 bridgehead atoms. The van der Waals surface area contributed by atoms with Gasteiger partial charge in [-0.2, -0.15) is 0 Å². The van der Waals surface area contributed by atoms with Crippen molar-refractivity contribution in [2.75, 3.05) is 0 Å². The summed E-state index contributed by atoms with van der Waals surface area (Å²) in [6.07, 6.45) is 12.0. The van der Waals surface area contributed by atoms with Crippen molar-refractivity contribution in [2.24, 2.45) is 0 Å². The van der Waals surface area contributed by atoms with Crippen LogP contribution in [0.5, 0.6) is 0 Å². The van der Waals surface area contributed by atoms with Gasteiger partial charge in [0.1, 0.15) is 0 Å². The Labute approximate surface area is 105 Å². The van der Waals surface area contributed by atoms with E-state index in [-0.39, 0.29) is 0 Å². The summed E-state index contributed by atoms with van der Waals surface area (Å²) in [5.74, 6) is 0. The van der Waals surface area contributed by atoms with Crippen LogP contribution in [0.25, 0.3) is 5.57 Å². The van der Waals surface area contributed by atoms with Crippen LogP contribution in [0.2, 0.25) is 0 Å². The summed E-state index contributed by atoms with van der Waals surface area (Å²) in [7, 11) is 0. The number of hydrogen-bond donors (Lipinski definition) is 0. The molecular formula is C17H22. The molecule has 1 aliphatic rings. The Morgan fingerprint density at radius 2 is 1.59 bits per heavy atom. The van der Waals surface area contributed by atoms with Crippen LogP contribution in [0.3, 0.4) is 0 Å². The highest BCUT2D eigenvalue weighted by molar-refractivity contribution is 5.79. The standard InChI is InChI=1S/C15H16.C2H6/c1-12-8-7-9-13(2)15(12)14-10-5-3-4-6-11-14;1-2/h3,5-11H,4H2,1-2H3;1-2H3. The Morgan fingerprint density at radius 1 is 0.941 bits per heavy atom. The van der Waals surface area contributed by atoms with Gasteiger partial charge in [-0.05, 0) is 42.5 Å². The van der Waals surface area contributed by atoms with Crippen molar-refractivity contribution in [3.05, 3.63) is 65.3 Å². The van der Waals surface area contributed by atoms with Crippen molar-refractivity contribution in [2.45, 2.75) is 34.1 Å². The molecule has 1 aromatic carbocycles. The van der Waals surface area contributed by atoms with Crippen molar-refractivity contribution in [3.8, 4) is 0 Å². The summed E-state index contributed by atoms with van der Waals surface area (Å²) >= 11 is 0. The van der Waals surface area contributed by atoms with Gasteiger partial charge in [-0.3, -0.25) is 0 Å². The van der Waals surface area contributed by atoms with E-state index in [9.17, 15) is 0 Å². The molecule has 90 valence electrons. The second kappa shape index (κ2) is 6.90. The van der Waals surface area contributed by atoms with E-state index >= 15 is 0 Å². The second-order valence-corrected chi connectivity index (χ2v) is 3.96. The number of aryl methyl sites for hydroxylation is 2. The average molecular weight is 226 g/mol. The van der Waals surface area contributed by atoms with Gasteiger partial charge in [0.2, 0.25) is 0 Å². The van der Waals surface area contributed by atoms with Gasteiger partial charge in [-0.1, -0.05) is 62.4 Å². The third-order valence-corrected chi connectivity index (χ3v) is 2.75. The minimum Gasteiger partial charge on any atom is -0.0807 e. The lowest BCUT2D eigenvalue weighted by Gasteiger charge is -2.09. The normalized spacial score (nSPS) is 13.5. The molecule has 0 heterocycles. The lowest BCUT2D eigenvalue weighted by Crippen LogP contribution is -1.90. The number of allylic oxidation sites excluding steroid dienone is 6. The Balaban J connectivity index is 0.000000686. The Hall–Kier alpha value is -1.56. The van der Waals surface area contributed by atoms with E-state index in [2.05, 4.69) is 62.4 Å². The van der Waals surface area contributed by atoms with Crippen LogP contribution in [0.1, 0.15) is 37.0 Å². The van der Waals surface area contributed by atoms with Crippen molar-refractivity contribution in [1.29, 1.82) is 0 Å². The zero-order valence-corrected chi connectivity index (χ0v) is 11.3. The van der Waals surface area contributed by atoms with Crippen LogP contribution in [0, 0.1) is 13.8 Å². The molecule has 0 saturated heterocycles. The van der Waals surface area contributed by atoms with Crippen LogP contribution in [-0.4, -0.2) is 0 Å². The highest BCUT2D eigenvalue weighted by Gasteiger charge is 2.05. The molecule has 0 heteroatoms. The maximum Gasteiger partial charge on any atom is -0.0126 e. The Bertz CT molecular complexity index is 425. The zero-order valence-electron chi connectivity index (χ0n) is 11.3. The molecule has 17 heavy (non-hydrogen) atoms. The fourth-order valence-corrected chi connectivity index (χ4v) is 2.02. The summed E-state index contributed by atoms with van der Waals surface area (Å²) < 4.78 is 0. The van der Waals surface area contributed by atoms with Gasteiger partial charge in [0, 0.05) is 0 Å². The predicted molar refractivity (Wildman–Crippen MR) is 78.1 cm³/mol. The zero-order chi connectivity index (χ0) is 12.7. The first-order valence-corrected chi connectivity index (χ1v) is 6.39. The lowest BCUT2D eigenvalue weighted by molar-refractivity contribution is 1.34. The van der Waals surface area contributed by atoms with Gasteiger partial charge in [0.25, 0.3) is 0 Å².